The first-order valence-corrected chi connectivity index (χ1v) is 5.93. The summed E-state index contributed by atoms with van der Waals surface area (Å²) >= 11 is 0. The third-order valence-corrected chi connectivity index (χ3v) is 2.87. The minimum Gasteiger partial charge on any atom is -0.321 e. The van der Waals surface area contributed by atoms with E-state index in [1.807, 2.05) is 31.2 Å². The monoisotopic (exact) mass is 230 g/mol. The molecule has 90 valence electrons. The van der Waals surface area contributed by atoms with Crippen molar-refractivity contribution >= 4 is 10.9 Å². The van der Waals surface area contributed by atoms with E-state index >= 15 is 0 Å². The number of aromatic amines is 1. The second kappa shape index (κ2) is 4.72. The van der Waals surface area contributed by atoms with Crippen LogP contribution in [0.2, 0.25) is 0 Å². The summed E-state index contributed by atoms with van der Waals surface area (Å²) in [6.07, 6.45) is 0. The molecule has 0 amide bonds. The highest BCUT2D eigenvalue weighted by Gasteiger charge is 2.04. The second-order valence-electron chi connectivity index (χ2n) is 4.70. The van der Waals surface area contributed by atoms with Crippen molar-refractivity contribution in [1.29, 1.82) is 0 Å². The van der Waals surface area contributed by atoms with Crippen molar-refractivity contribution < 1.29 is 0 Å². The fourth-order valence-electron chi connectivity index (χ4n) is 1.87. The van der Waals surface area contributed by atoms with Crippen LogP contribution >= 0.6 is 0 Å². The Bertz CT molecular complexity index is 584. The van der Waals surface area contributed by atoms with Crippen LogP contribution in [0.15, 0.2) is 29.1 Å². The van der Waals surface area contributed by atoms with E-state index in [0.717, 1.165) is 22.0 Å². The van der Waals surface area contributed by atoms with Gasteiger partial charge in [0, 0.05) is 18.2 Å². The van der Waals surface area contributed by atoms with Gasteiger partial charge in [0.2, 0.25) is 0 Å². The molecule has 2 rings (SSSR count). The Morgan fingerprint density at radius 1 is 1.35 bits per heavy atom. The van der Waals surface area contributed by atoms with Gasteiger partial charge in [-0.1, -0.05) is 32.0 Å². The molecule has 3 heteroatoms. The summed E-state index contributed by atoms with van der Waals surface area (Å²) in [5.41, 5.74) is 2.82. The van der Waals surface area contributed by atoms with Gasteiger partial charge in [0.05, 0.1) is 5.52 Å². The molecule has 0 aliphatic rings. The van der Waals surface area contributed by atoms with Gasteiger partial charge < -0.3 is 10.3 Å². The highest BCUT2D eigenvalue weighted by atomic mass is 16.1. The van der Waals surface area contributed by atoms with Gasteiger partial charge in [0.1, 0.15) is 0 Å². The molecule has 1 aromatic carbocycles. The van der Waals surface area contributed by atoms with Crippen LogP contribution in [0.5, 0.6) is 0 Å². The van der Waals surface area contributed by atoms with Crippen molar-refractivity contribution in [2.45, 2.75) is 33.4 Å². The number of para-hydroxylation sites is 1. The highest BCUT2D eigenvalue weighted by molar-refractivity contribution is 5.81. The molecule has 1 aromatic heterocycles. The third kappa shape index (κ3) is 2.56. The molecule has 0 bridgehead atoms. The van der Waals surface area contributed by atoms with Gasteiger partial charge in [0.25, 0.3) is 5.56 Å². The van der Waals surface area contributed by atoms with Crippen molar-refractivity contribution in [1.82, 2.24) is 10.3 Å². The topological polar surface area (TPSA) is 44.9 Å². The minimum absolute atomic E-state index is 0.0000463. The zero-order valence-electron chi connectivity index (χ0n) is 10.5. The Morgan fingerprint density at radius 3 is 2.82 bits per heavy atom. The number of nitrogens with one attached hydrogen (secondary N) is 2. The molecule has 0 saturated heterocycles. The van der Waals surface area contributed by atoms with Gasteiger partial charge in [-0.15, -0.1) is 0 Å². The fourth-order valence-corrected chi connectivity index (χ4v) is 1.87. The molecule has 0 unspecified atom stereocenters. The van der Waals surface area contributed by atoms with Crippen LogP contribution < -0.4 is 10.9 Å². The number of rotatable bonds is 3. The summed E-state index contributed by atoms with van der Waals surface area (Å²) in [5, 5.41) is 4.35. The SMILES string of the molecule is Cc1cccc2cc(CNC(C)C)c(=O)[nH]c12. The summed E-state index contributed by atoms with van der Waals surface area (Å²) in [6.45, 7) is 6.75. The van der Waals surface area contributed by atoms with E-state index in [1.165, 1.54) is 0 Å². The largest absolute Gasteiger partial charge is 0.321 e. The quantitative estimate of drug-likeness (QED) is 0.850. The molecule has 1 heterocycles. The van der Waals surface area contributed by atoms with E-state index in [9.17, 15) is 4.79 Å². The molecule has 0 radical (unpaired) electrons. The number of benzene rings is 1. The molecular formula is C14H18N2O. The normalized spacial score (nSPS) is 11.3. The Labute approximate surface area is 101 Å². The number of hydrogen-bond acceptors (Lipinski definition) is 2. The van der Waals surface area contributed by atoms with E-state index < -0.39 is 0 Å². The Kier molecular flexibility index (Phi) is 3.29. The number of aromatic nitrogens is 1. The molecule has 3 nitrogen and oxygen atoms in total. The summed E-state index contributed by atoms with van der Waals surface area (Å²) in [7, 11) is 0. The minimum atomic E-state index is -0.0000463. The highest BCUT2D eigenvalue weighted by Crippen LogP contribution is 2.14. The molecule has 2 aromatic rings. The van der Waals surface area contributed by atoms with Crippen LogP contribution in [0.1, 0.15) is 25.0 Å². The zero-order chi connectivity index (χ0) is 12.4. The van der Waals surface area contributed by atoms with Gasteiger partial charge in [0.15, 0.2) is 0 Å². The van der Waals surface area contributed by atoms with Gasteiger partial charge in [-0.2, -0.15) is 0 Å². The molecule has 0 spiro atoms. The molecule has 0 fully saturated rings. The first-order chi connectivity index (χ1) is 8.08. The molecule has 0 aliphatic heterocycles. The maximum Gasteiger partial charge on any atom is 0.252 e. The maximum absolute atomic E-state index is 11.9. The molecule has 0 aliphatic carbocycles. The lowest BCUT2D eigenvalue weighted by Crippen LogP contribution is -2.26. The van der Waals surface area contributed by atoms with Gasteiger partial charge in [-0.05, 0) is 23.9 Å². The van der Waals surface area contributed by atoms with E-state index in [2.05, 4.69) is 24.1 Å². The Hall–Kier alpha value is -1.61. The average molecular weight is 230 g/mol. The van der Waals surface area contributed by atoms with Crippen LogP contribution in [0.4, 0.5) is 0 Å². The van der Waals surface area contributed by atoms with Crippen LogP contribution in [-0.4, -0.2) is 11.0 Å². The first-order valence-electron chi connectivity index (χ1n) is 5.93. The van der Waals surface area contributed by atoms with Crippen LogP contribution in [0.3, 0.4) is 0 Å². The molecule has 17 heavy (non-hydrogen) atoms. The van der Waals surface area contributed by atoms with Crippen LogP contribution in [0, 0.1) is 6.92 Å². The zero-order valence-corrected chi connectivity index (χ0v) is 10.5. The van der Waals surface area contributed by atoms with Crippen LogP contribution in [-0.2, 0) is 6.54 Å². The van der Waals surface area contributed by atoms with Crippen molar-refractivity contribution in [3.8, 4) is 0 Å². The Balaban J connectivity index is 2.45. The molecule has 2 N–H and O–H groups in total. The number of aryl methyl sites for hydroxylation is 1. The number of pyridine rings is 1. The van der Waals surface area contributed by atoms with E-state index in [0.29, 0.717) is 12.6 Å². The number of fused-ring (bicyclic) bond motifs is 1. The standard InChI is InChI=1S/C14H18N2O/c1-9(2)15-8-12-7-11-6-4-5-10(3)13(11)16-14(12)17/h4-7,9,15H,8H2,1-3H3,(H,16,17). The molecule has 0 atom stereocenters. The third-order valence-electron chi connectivity index (χ3n) is 2.87. The predicted octanol–water partition coefficient (Wildman–Crippen LogP) is 2.33. The average Bonchev–Trinajstić information content (AvgIpc) is 2.28. The first kappa shape index (κ1) is 11.9. The Morgan fingerprint density at radius 2 is 2.12 bits per heavy atom. The summed E-state index contributed by atoms with van der Waals surface area (Å²) < 4.78 is 0. The van der Waals surface area contributed by atoms with E-state index in [-0.39, 0.29) is 5.56 Å². The maximum atomic E-state index is 11.9. The summed E-state index contributed by atoms with van der Waals surface area (Å²) in [6, 6.07) is 8.38. The van der Waals surface area contributed by atoms with Crippen LogP contribution in [0.25, 0.3) is 10.9 Å². The fraction of sp³-hybridized carbons (Fsp3) is 0.357. The summed E-state index contributed by atoms with van der Waals surface area (Å²) in [4.78, 5) is 14.9. The second-order valence-corrected chi connectivity index (χ2v) is 4.70. The van der Waals surface area contributed by atoms with Crippen molar-refractivity contribution in [3.05, 3.63) is 45.7 Å². The van der Waals surface area contributed by atoms with Gasteiger partial charge >= 0.3 is 0 Å². The van der Waals surface area contributed by atoms with Crippen molar-refractivity contribution in [2.24, 2.45) is 0 Å². The lowest BCUT2D eigenvalue weighted by molar-refractivity contribution is 0.586. The molecule has 0 saturated carbocycles. The number of hydrogen-bond donors (Lipinski definition) is 2. The number of H-pyrrole nitrogens is 1. The lowest BCUT2D eigenvalue weighted by Gasteiger charge is -2.09. The van der Waals surface area contributed by atoms with Gasteiger partial charge in [-0.3, -0.25) is 4.79 Å². The van der Waals surface area contributed by atoms with Crippen molar-refractivity contribution in [3.63, 3.8) is 0 Å². The van der Waals surface area contributed by atoms with Crippen molar-refractivity contribution in [2.75, 3.05) is 0 Å². The van der Waals surface area contributed by atoms with E-state index in [4.69, 9.17) is 0 Å². The van der Waals surface area contributed by atoms with Gasteiger partial charge in [-0.25, -0.2) is 0 Å². The predicted molar refractivity (Wildman–Crippen MR) is 71.3 cm³/mol. The lowest BCUT2D eigenvalue weighted by atomic mass is 10.1. The molecular weight excluding hydrogens is 212 g/mol. The summed E-state index contributed by atoms with van der Waals surface area (Å²) in [5.74, 6) is 0. The smallest absolute Gasteiger partial charge is 0.252 e. The van der Waals surface area contributed by atoms with E-state index in [1.54, 1.807) is 0 Å².